The number of rotatable bonds is 9. The Morgan fingerprint density at radius 3 is 2.62 bits per heavy atom. The fraction of sp³-hybridized carbons (Fsp3) is 0.250. The number of anilines is 2. The smallest absolute Gasteiger partial charge is 0.329 e. The predicted octanol–water partition coefficient (Wildman–Crippen LogP) is 4.46. The van der Waals surface area contributed by atoms with Gasteiger partial charge in [-0.15, -0.1) is 0 Å². The summed E-state index contributed by atoms with van der Waals surface area (Å²) in [5.41, 5.74) is 8.39. The van der Waals surface area contributed by atoms with E-state index in [4.69, 9.17) is 28.9 Å². The molecular weight excluding hydrogens is 551 g/mol. The van der Waals surface area contributed by atoms with Crippen molar-refractivity contribution >= 4 is 45.7 Å². The molecule has 206 valence electrons. The van der Waals surface area contributed by atoms with Gasteiger partial charge in [-0.1, -0.05) is 48.7 Å². The van der Waals surface area contributed by atoms with Gasteiger partial charge in [-0.2, -0.15) is 10.1 Å². The van der Waals surface area contributed by atoms with E-state index >= 15 is 0 Å². The molecule has 0 atom stereocenters. The van der Waals surface area contributed by atoms with Crippen molar-refractivity contribution in [2.75, 3.05) is 11.9 Å². The van der Waals surface area contributed by atoms with Crippen molar-refractivity contribution in [3.05, 3.63) is 103 Å². The molecule has 3 heterocycles. The van der Waals surface area contributed by atoms with Gasteiger partial charge in [0, 0.05) is 29.3 Å². The molecule has 5 aromatic rings. The number of hydrogen-bond donors (Lipinski definition) is 2. The Morgan fingerprint density at radius 2 is 1.88 bits per heavy atom. The summed E-state index contributed by atoms with van der Waals surface area (Å²) < 4.78 is 4.11. The number of halogens is 2. The van der Waals surface area contributed by atoms with Crippen LogP contribution < -0.4 is 22.4 Å². The summed E-state index contributed by atoms with van der Waals surface area (Å²) in [4.78, 5) is 35.6. The van der Waals surface area contributed by atoms with Crippen LogP contribution in [0, 0.1) is 6.92 Å². The third kappa shape index (κ3) is 5.65. The predicted molar refractivity (Wildman–Crippen MR) is 158 cm³/mol. The number of aromatic nitrogens is 6. The highest BCUT2D eigenvalue weighted by molar-refractivity contribution is 6.34. The van der Waals surface area contributed by atoms with Crippen molar-refractivity contribution in [2.24, 2.45) is 5.73 Å². The molecule has 0 saturated heterocycles. The number of fused-ring (bicyclic) bond motifs is 1. The van der Waals surface area contributed by atoms with E-state index in [1.807, 2.05) is 31.3 Å². The van der Waals surface area contributed by atoms with Crippen LogP contribution in [0.25, 0.3) is 16.6 Å². The first-order chi connectivity index (χ1) is 19.3. The van der Waals surface area contributed by atoms with Crippen LogP contribution in [-0.4, -0.2) is 35.4 Å². The van der Waals surface area contributed by atoms with E-state index in [0.29, 0.717) is 40.0 Å². The highest BCUT2D eigenvalue weighted by Crippen LogP contribution is 2.30. The lowest BCUT2D eigenvalue weighted by Gasteiger charge is -2.17. The van der Waals surface area contributed by atoms with Crippen LogP contribution in [0.4, 0.5) is 11.6 Å². The lowest BCUT2D eigenvalue weighted by Crippen LogP contribution is -2.41. The van der Waals surface area contributed by atoms with Gasteiger partial charge >= 0.3 is 11.4 Å². The first kappa shape index (κ1) is 27.6. The van der Waals surface area contributed by atoms with Crippen molar-refractivity contribution in [3.8, 4) is 5.69 Å². The van der Waals surface area contributed by atoms with Crippen molar-refractivity contribution in [3.63, 3.8) is 0 Å². The second kappa shape index (κ2) is 11.6. The van der Waals surface area contributed by atoms with Gasteiger partial charge in [0.05, 0.1) is 41.2 Å². The minimum absolute atomic E-state index is 0.0272. The van der Waals surface area contributed by atoms with Gasteiger partial charge in [0.2, 0.25) is 5.95 Å². The molecule has 2 aromatic carbocycles. The number of benzene rings is 2. The topological polar surface area (TPSA) is 126 Å². The van der Waals surface area contributed by atoms with Crippen LogP contribution in [0.3, 0.4) is 0 Å². The Kier molecular flexibility index (Phi) is 8.02. The Balaban J connectivity index is 1.66. The molecule has 3 N–H and O–H groups in total. The van der Waals surface area contributed by atoms with Crippen LogP contribution in [0.5, 0.6) is 0 Å². The molecule has 0 fully saturated rings. The van der Waals surface area contributed by atoms with Crippen molar-refractivity contribution < 1.29 is 0 Å². The zero-order valence-electron chi connectivity index (χ0n) is 22.1. The van der Waals surface area contributed by atoms with Crippen LogP contribution in [-0.2, 0) is 19.5 Å². The first-order valence-electron chi connectivity index (χ1n) is 12.8. The van der Waals surface area contributed by atoms with E-state index in [1.165, 1.54) is 10.8 Å². The standard InChI is InChI=1S/C28H28Cl2N8O2/c1-3-4-18-5-6-22(29)19(10-18)16-37-26(34-27(39)38(28(37)40)21-9-17(2)13-32-14-21)33-25-11-20-15-36(8-7-31)35-24(20)12-23(25)30/h5-6,9-15H,3-4,7-8,16,31H2,1-2H3,(H,33,34,39). The van der Waals surface area contributed by atoms with Crippen LogP contribution in [0.15, 0.2) is 64.6 Å². The second-order valence-electron chi connectivity index (χ2n) is 9.52. The first-order valence-corrected chi connectivity index (χ1v) is 13.6. The molecule has 40 heavy (non-hydrogen) atoms. The molecule has 12 heteroatoms. The molecule has 0 amide bonds. The fourth-order valence-electron chi connectivity index (χ4n) is 4.54. The summed E-state index contributed by atoms with van der Waals surface area (Å²) in [6.07, 6.45) is 6.77. The number of nitrogens with zero attached hydrogens (tertiary/aromatic N) is 6. The summed E-state index contributed by atoms with van der Waals surface area (Å²) in [7, 11) is 0. The molecule has 0 aliphatic rings. The molecule has 0 aliphatic heterocycles. The summed E-state index contributed by atoms with van der Waals surface area (Å²) in [6, 6.07) is 11.0. The normalized spacial score (nSPS) is 11.3. The maximum atomic E-state index is 13.9. The molecular formula is C28H28Cl2N8O2. The monoisotopic (exact) mass is 578 g/mol. The molecule has 0 spiro atoms. The number of aryl methyl sites for hydroxylation is 2. The lowest BCUT2D eigenvalue weighted by atomic mass is 10.1. The fourth-order valence-corrected chi connectivity index (χ4v) is 4.92. The highest BCUT2D eigenvalue weighted by atomic mass is 35.5. The number of pyridine rings is 1. The quantitative estimate of drug-likeness (QED) is 0.264. The third-order valence-electron chi connectivity index (χ3n) is 6.41. The van der Waals surface area contributed by atoms with Gasteiger partial charge in [-0.3, -0.25) is 14.2 Å². The summed E-state index contributed by atoms with van der Waals surface area (Å²) in [6.45, 7) is 4.99. The third-order valence-corrected chi connectivity index (χ3v) is 7.09. The molecule has 0 saturated carbocycles. The number of hydrogen-bond acceptors (Lipinski definition) is 7. The average Bonchev–Trinajstić information content (AvgIpc) is 3.29. The molecule has 10 nitrogen and oxygen atoms in total. The van der Waals surface area contributed by atoms with Crippen LogP contribution >= 0.6 is 23.2 Å². The molecule has 0 aliphatic carbocycles. The summed E-state index contributed by atoms with van der Waals surface area (Å²) in [5.74, 6) is 0.0272. The van der Waals surface area contributed by atoms with Gasteiger partial charge in [-0.05, 0) is 54.3 Å². The summed E-state index contributed by atoms with van der Waals surface area (Å²) >= 11 is 13.2. The minimum atomic E-state index is -0.755. The second-order valence-corrected chi connectivity index (χ2v) is 10.3. The van der Waals surface area contributed by atoms with E-state index in [1.54, 1.807) is 29.1 Å². The van der Waals surface area contributed by atoms with E-state index in [2.05, 4.69) is 27.3 Å². The Morgan fingerprint density at radius 1 is 1.05 bits per heavy atom. The van der Waals surface area contributed by atoms with E-state index in [0.717, 1.165) is 39.5 Å². The molecule has 3 aromatic heterocycles. The molecule has 0 radical (unpaired) electrons. The Hall–Kier alpha value is -3.99. The van der Waals surface area contributed by atoms with Crippen LogP contribution in [0.1, 0.15) is 30.0 Å². The van der Waals surface area contributed by atoms with Gasteiger partial charge in [-0.25, -0.2) is 14.2 Å². The van der Waals surface area contributed by atoms with Gasteiger partial charge in [0.25, 0.3) is 0 Å². The molecule has 5 rings (SSSR count). The Bertz CT molecular complexity index is 1830. The molecule has 0 bridgehead atoms. The van der Waals surface area contributed by atoms with Gasteiger partial charge in [0.1, 0.15) is 0 Å². The van der Waals surface area contributed by atoms with Crippen molar-refractivity contribution in [2.45, 2.75) is 39.8 Å². The van der Waals surface area contributed by atoms with Crippen LogP contribution in [0.2, 0.25) is 10.0 Å². The zero-order chi connectivity index (χ0) is 28.4. The molecule has 0 unspecified atom stereocenters. The van der Waals surface area contributed by atoms with E-state index in [-0.39, 0.29) is 12.5 Å². The van der Waals surface area contributed by atoms with E-state index in [9.17, 15) is 9.59 Å². The van der Waals surface area contributed by atoms with E-state index < -0.39 is 11.4 Å². The largest absolute Gasteiger partial charge is 0.359 e. The number of nitrogens with one attached hydrogen (secondary N) is 1. The number of nitrogens with two attached hydrogens (primary N) is 1. The van der Waals surface area contributed by atoms with Crippen molar-refractivity contribution in [1.82, 2.24) is 28.9 Å². The highest BCUT2D eigenvalue weighted by Gasteiger charge is 2.18. The minimum Gasteiger partial charge on any atom is -0.329 e. The Labute approximate surface area is 240 Å². The maximum Gasteiger partial charge on any atom is 0.359 e. The summed E-state index contributed by atoms with van der Waals surface area (Å²) in [5, 5.41) is 9.25. The maximum absolute atomic E-state index is 13.9. The average molecular weight is 579 g/mol. The van der Waals surface area contributed by atoms with Gasteiger partial charge < -0.3 is 11.1 Å². The van der Waals surface area contributed by atoms with Crippen molar-refractivity contribution in [1.29, 1.82) is 0 Å². The zero-order valence-corrected chi connectivity index (χ0v) is 23.6. The van der Waals surface area contributed by atoms with Gasteiger partial charge in [0.15, 0.2) is 0 Å². The lowest BCUT2D eigenvalue weighted by molar-refractivity contribution is 0.632. The SMILES string of the molecule is CCCc1ccc(Cl)c(Cn2c(Nc3cc4cn(CCN)nc4cc3Cl)nc(=O)n(-c3cncc(C)c3)c2=O)c1.